The lowest BCUT2D eigenvalue weighted by molar-refractivity contribution is 0.232. The highest BCUT2D eigenvalue weighted by molar-refractivity contribution is 7.89. The van der Waals surface area contributed by atoms with Gasteiger partial charge < -0.3 is 5.11 Å². The molecule has 2 aromatic rings. The second-order valence-corrected chi connectivity index (χ2v) is 8.95. The summed E-state index contributed by atoms with van der Waals surface area (Å²) in [6.45, 7) is 0. The first-order valence-electron chi connectivity index (χ1n) is 8.45. The van der Waals surface area contributed by atoms with Gasteiger partial charge in [-0.2, -0.15) is 4.72 Å². The number of fused-ring (bicyclic) bond motifs is 2. The van der Waals surface area contributed by atoms with Gasteiger partial charge in [-0.1, -0.05) is 24.3 Å². The maximum atomic E-state index is 12.7. The summed E-state index contributed by atoms with van der Waals surface area (Å²) in [4.78, 5) is 0.440. The van der Waals surface area contributed by atoms with E-state index < -0.39 is 15.6 Å². The lowest BCUT2D eigenvalue weighted by atomic mass is 9.74. The Morgan fingerprint density at radius 3 is 2.50 bits per heavy atom. The van der Waals surface area contributed by atoms with Crippen molar-refractivity contribution in [3.05, 3.63) is 59.2 Å². The molecule has 4 nitrogen and oxygen atoms in total. The SMILES string of the molecule is O=S1(=O)N[C@]2(c3ccccc31)[C@@H]1CC[C@H]2Cc2cc(O)ccc2C1. The minimum atomic E-state index is -3.45. The van der Waals surface area contributed by atoms with Crippen molar-refractivity contribution in [1.29, 1.82) is 0 Å². The molecule has 0 saturated heterocycles. The van der Waals surface area contributed by atoms with Crippen LogP contribution in [0.1, 0.15) is 29.5 Å². The van der Waals surface area contributed by atoms with E-state index in [-0.39, 0.29) is 17.6 Å². The highest BCUT2D eigenvalue weighted by Crippen LogP contribution is 2.57. The quantitative estimate of drug-likeness (QED) is 0.774. The molecule has 1 aliphatic heterocycles. The molecule has 2 aromatic carbocycles. The van der Waals surface area contributed by atoms with E-state index in [0.29, 0.717) is 4.90 Å². The van der Waals surface area contributed by atoms with Crippen LogP contribution in [0.2, 0.25) is 0 Å². The third-order valence-corrected chi connectivity index (χ3v) is 7.74. The predicted octanol–water partition coefficient (Wildman–Crippen LogP) is 2.70. The number of nitrogens with one attached hydrogen (secondary N) is 1. The van der Waals surface area contributed by atoms with Crippen LogP contribution in [0.3, 0.4) is 0 Å². The largest absolute Gasteiger partial charge is 0.508 e. The number of aromatic hydroxyl groups is 1. The van der Waals surface area contributed by atoms with Crippen LogP contribution in [-0.4, -0.2) is 13.5 Å². The fourth-order valence-electron chi connectivity index (χ4n) is 5.23. The molecule has 2 aliphatic carbocycles. The fraction of sp³-hybridized carbons (Fsp3) is 0.368. The zero-order valence-electron chi connectivity index (χ0n) is 13.2. The number of phenolic OH excluding ortho intramolecular Hbond substituents is 1. The maximum absolute atomic E-state index is 12.7. The van der Waals surface area contributed by atoms with E-state index in [2.05, 4.69) is 4.72 Å². The van der Waals surface area contributed by atoms with E-state index in [9.17, 15) is 13.5 Å². The van der Waals surface area contributed by atoms with Crippen LogP contribution >= 0.6 is 0 Å². The monoisotopic (exact) mass is 341 g/mol. The highest BCUT2D eigenvalue weighted by atomic mass is 32.2. The van der Waals surface area contributed by atoms with Gasteiger partial charge in [0, 0.05) is 0 Å². The molecule has 3 aliphatic rings. The van der Waals surface area contributed by atoms with E-state index in [1.807, 2.05) is 24.3 Å². The molecular formula is C19H19NO3S. The smallest absolute Gasteiger partial charge is 0.241 e. The predicted molar refractivity (Wildman–Crippen MR) is 90.2 cm³/mol. The van der Waals surface area contributed by atoms with Crippen molar-refractivity contribution in [1.82, 2.24) is 4.72 Å². The molecule has 124 valence electrons. The van der Waals surface area contributed by atoms with Gasteiger partial charge in [-0.15, -0.1) is 0 Å². The molecule has 0 amide bonds. The van der Waals surface area contributed by atoms with E-state index in [0.717, 1.165) is 36.8 Å². The zero-order chi connectivity index (χ0) is 16.5. The first-order valence-corrected chi connectivity index (χ1v) is 9.93. The van der Waals surface area contributed by atoms with Gasteiger partial charge in [0.1, 0.15) is 5.75 Å². The molecule has 2 N–H and O–H groups in total. The molecule has 5 heteroatoms. The van der Waals surface area contributed by atoms with Crippen molar-refractivity contribution in [2.45, 2.75) is 36.1 Å². The van der Waals surface area contributed by atoms with Crippen molar-refractivity contribution in [3.63, 3.8) is 0 Å². The summed E-state index contributed by atoms with van der Waals surface area (Å²) in [6.07, 6.45) is 3.69. The first-order chi connectivity index (χ1) is 11.5. The Bertz CT molecular complexity index is 953. The number of phenols is 1. The summed E-state index contributed by atoms with van der Waals surface area (Å²) in [6, 6.07) is 13.0. The van der Waals surface area contributed by atoms with Crippen LogP contribution in [0, 0.1) is 11.8 Å². The molecule has 0 aromatic heterocycles. The van der Waals surface area contributed by atoms with Gasteiger partial charge in [-0.25, -0.2) is 8.42 Å². The normalized spacial score (nSPS) is 32.3. The summed E-state index contributed by atoms with van der Waals surface area (Å²) < 4.78 is 28.5. The zero-order valence-corrected chi connectivity index (χ0v) is 14.0. The van der Waals surface area contributed by atoms with Crippen molar-refractivity contribution in [3.8, 4) is 5.75 Å². The Labute approximate surface area is 141 Å². The van der Waals surface area contributed by atoms with Crippen LogP contribution in [-0.2, 0) is 28.4 Å². The minimum absolute atomic E-state index is 0.226. The number of benzene rings is 2. The van der Waals surface area contributed by atoms with Crippen LogP contribution in [0.5, 0.6) is 5.75 Å². The average molecular weight is 341 g/mol. The van der Waals surface area contributed by atoms with Crippen molar-refractivity contribution in [2.24, 2.45) is 11.8 Å². The summed E-state index contributed by atoms with van der Waals surface area (Å²) >= 11 is 0. The molecule has 0 unspecified atom stereocenters. The maximum Gasteiger partial charge on any atom is 0.241 e. The van der Waals surface area contributed by atoms with Crippen LogP contribution in [0.15, 0.2) is 47.4 Å². The summed E-state index contributed by atoms with van der Waals surface area (Å²) in [7, 11) is -3.45. The Balaban J connectivity index is 1.72. The lowest BCUT2D eigenvalue weighted by Gasteiger charge is -2.35. The molecule has 1 heterocycles. The van der Waals surface area contributed by atoms with E-state index in [4.69, 9.17) is 0 Å². The Hall–Kier alpha value is -1.85. The molecule has 5 rings (SSSR count). The number of hydrogen-bond acceptors (Lipinski definition) is 3. The Morgan fingerprint density at radius 1 is 1.00 bits per heavy atom. The molecule has 1 fully saturated rings. The first kappa shape index (κ1) is 14.5. The number of sulfonamides is 1. The Kier molecular flexibility index (Phi) is 2.78. The fourth-order valence-corrected chi connectivity index (χ4v) is 7.01. The second kappa shape index (κ2) is 4.61. The number of rotatable bonds is 0. The van der Waals surface area contributed by atoms with E-state index in [1.54, 1.807) is 18.2 Å². The standard InChI is InChI=1S/C19H19NO3S/c21-16-8-5-12-9-14-6-7-15(10-13(12)11-16)19(14)17-3-1-2-4-18(17)24(22,23)20-19/h1-5,8,11,14-15,20-21H,6-7,9-10H2/t14-,15+,19-/m1/s1. The lowest BCUT2D eigenvalue weighted by Crippen LogP contribution is -2.47. The Morgan fingerprint density at radius 2 is 1.71 bits per heavy atom. The number of hydrogen-bond donors (Lipinski definition) is 2. The molecular weight excluding hydrogens is 322 g/mol. The molecule has 1 saturated carbocycles. The van der Waals surface area contributed by atoms with Gasteiger partial charge in [0.25, 0.3) is 0 Å². The average Bonchev–Trinajstić information content (AvgIpc) is 2.93. The van der Waals surface area contributed by atoms with Gasteiger partial charge in [-0.05, 0) is 72.4 Å². The van der Waals surface area contributed by atoms with E-state index >= 15 is 0 Å². The van der Waals surface area contributed by atoms with Crippen LogP contribution < -0.4 is 4.72 Å². The minimum Gasteiger partial charge on any atom is -0.508 e. The topological polar surface area (TPSA) is 66.4 Å². The summed E-state index contributed by atoms with van der Waals surface area (Å²) in [5.41, 5.74) is 2.84. The third kappa shape index (κ3) is 1.74. The third-order valence-electron chi connectivity index (χ3n) is 6.20. The molecule has 0 radical (unpaired) electrons. The van der Waals surface area contributed by atoms with Gasteiger partial charge >= 0.3 is 0 Å². The van der Waals surface area contributed by atoms with Crippen molar-refractivity contribution >= 4 is 10.0 Å². The van der Waals surface area contributed by atoms with Gasteiger partial charge in [-0.3, -0.25) is 0 Å². The molecule has 2 bridgehead atoms. The molecule has 1 spiro atoms. The molecule has 3 atom stereocenters. The summed E-state index contributed by atoms with van der Waals surface area (Å²) in [5, 5.41) is 9.84. The second-order valence-electron chi connectivity index (χ2n) is 7.30. The van der Waals surface area contributed by atoms with Gasteiger partial charge in [0.05, 0.1) is 10.4 Å². The van der Waals surface area contributed by atoms with Gasteiger partial charge in [0.15, 0.2) is 0 Å². The van der Waals surface area contributed by atoms with Crippen molar-refractivity contribution in [2.75, 3.05) is 0 Å². The molecule has 24 heavy (non-hydrogen) atoms. The van der Waals surface area contributed by atoms with Crippen LogP contribution in [0.4, 0.5) is 0 Å². The highest BCUT2D eigenvalue weighted by Gasteiger charge is 2.59. The van der Waals surface area contributed by atoms with Gasteiger partial charge in [0.2, 0.25) is 10.0 Å². The van der Waals surface area contributed by atoms with Crippen molar-refractivity contribution < 1.29 is 13.5 Å². The van der Waals surface area contributed by atoms with Crippen LogP contribution in [0.25, 0.3) is 0 Å². The van der Waals surface area contributed by atoms with E-state index in [1.165, 1.54) is 5.56 Å². The summed E-state index contributed by atoms with van der Waals surface area (Å²) in [5.74, 6) is 0.767.